The smallest absolute Gasteiger partial charge is 0.407 e. The van der Waals surface area contributed by atoms with Crippen LogP contribution in [0.25, 0.3) is 0 Å². The molecule has 0 bridgehead atoms. The van der Waals surface area contributed by atoms with Crippen LogP contribution < -0.4 is 14.8 Å². The largest absolute Gasteiger partial charge is 0.496 e. The van der Waals surface area contributed by atoms with Crippen molar-refractivity contribution in [1.82, 2.24) is 5.32 Å². The summed E-state index contributed by atoms with van der Waals surface area (Å²) < 4.78 is 15.6. The van der Waals surface area contributed by atoms with Gasteiger partial charge in [-0.3, -0.25) is 4.79 Å². The fourth-order valence-electron chi connectivity index (χ4n) is 1.51. The van der Waals surface area contributed by atoms with Crippen LogP contribution in [-0.2, 0) is 4.74 Å². The van der Waals surface area contributed by atoms with Crippen LogP contribution >= 0.6 is 0 Å². The van der Waals surface area contributed by atoms with E-state index in [4.69, 9.17) is 14.2 Å². The maximum Gasteiger partial charge on any atom is 0.407 e. The number of amides is 1. The van der Waals surface area contributed by atoms with Crippen molar-refractivity contribution in [3.8, 4) is 11.5 Å². The predicted molar refractivity (Wildman–Crippen MR) is 78.1 cm³/mol. The molecule has 0 saturated carbocycles. The highest BCUT2D eigenvalue weighted by atomic mass is 16.6. The van der Waals surface area contributed by atoms with E-state index >= 15 is 0 Å². The summed E-state index contributed by atoms with van der Waals surface area (Å²) in [6.07, 6.45) is 0.229. The van der Waals surface area contributed by atoms with E-state index in [1.807, 2.05) is 0 Å². The fourth-order valence-corrected chi connectivity index (χ4v) is 1.51. The summed E-state index contributed by atoms with van der Waals surface area (Å²) in [6, 6.07) is 4.90. The molecule has 0 aromatic heterocycles. The molecule has 0 aliphatic heterocycles. The van der Waals surface area contributed by atoms with Crippen LogP contribution in [0.5, 0.6) is 11.5 Å². The van der Waals surface area contributed by atoms with Crippen molar-refractivity contribution in [1.29, 1.82) is 0 Å². The molecule has 0 atom stereocenters. The Morgan fingerprint density at radius 1 is 1.33 bits per heavy atom. The molecule has 6 heteroatoms. The minimum absolute atomic E-state index is 0.281. The molecule has 1 N–H and O–H groups in total. The first kappa shape index (κ1) is 16.8. The molecule has 0 aliphatic rings. The molecular weight excluding hydrogens is 274 g/mol. The molecule has 6 nitrogen and oxygen atoms in total. The maximum atomic E-state index is 11.4. The molecule has 0 unspecified atom stereocenters. The third-order valence-corrected chi connectivity index (χ3v) is 2.37. The molecule has 1 aromatic carbocycles. The first-order valence-electron chi connectivity index (χ1n) is 6.58. The lowest BCUT2D eigenvalue weighted by Gasteiger charge is -2.19. The number of nitrogens with one attached hydrogen (secondary N) is 1. The number of methoxy groups -OCH3 is 1. The van der Waals surface area contributed by atoms with Gasteiger partial charge in [0, 0.05) is 6.07 Å². The number of alkyl carbamates (subject to hydrolysis) is 1. The molecule has 0 saturated heterocycles. The zero-order valence-corrected chi connectivity index (χ0v) is 12.8. The van der Waals surface area contributed by atoms with Crippen molar-refractivity contribution < 1.29 is 23.8 Å². The van der Waals surface area contributed by atoms with Crippen molar-refractivity contribution in [2.75, 3.05) is 20.3 Å². The number of hydrogen-bond acceptors (Lipinski definition) is 5. The van der Waals surface area contributed by atoms with Crippen molar-refractivity contribution in [3.63, 3.8) is 0 Å². The summed E-state index contributed by atoms with van der Waals surface area (Å²) in [5, 5.41) is 2.59. The monoisotopic (exact) mass is 295 g/mol. The summed E-state index contributed by atoms with van der Waals surface area (Å²) in [6.45, 7) is 5.98. The van der Waals surface area contributed by atoms with Gasteiger partial charge in [0.1, 0.15) is 23.7 Å². The second-order valence-corrected chi connectivity index (χ2v) is 5.30. The number of benzene rings is 1. The Morgan fingerprint density at radius 3 is 2.62 bits per heavy atom. The van der Waals surface area contributed by atoms with Crippen LogP contribution in [0.4, 0.5) is 4.79 Å². The molecule has 0 radical (unpaired) electrons. The molecule has 0 spiro atoms. The van der Waals surface area contributed by atoms with Gasteiger partial charge in [-0.05, 0) is 32.9 Å². The zero-order chi connectivity index (χ0) is 15.9. The third kappa shape index (κ3) is 6.16. The standard InChI is InChI=1S/C15H21NO5/c1-15(2,3)21-14(18)16-7-8-20-12-6-5-11(10-17)13(9-12)19-4/h5-6,9-10H,7-8H2,1-4H3,(H,16,18). The molecule has 1 rings (SSSR count). The summed E-state index contributed by atoms with van der Waals surface area (Å²) in [5.41, 5.74) is -0.0695. The zero-order valence-electron chi connectivity index (χ0n) is 12.8. The van der Waals surface area contributed by atoms with Gasteiger partial charge >= 0.3 is 6.09 Å². The summed E-state index contributed by atoms with van der Waals surface area (Å²) in [7, 11) is 1.48. The van der Waals surface area contributed by atoms with Gasteiger partial charge in [-0.2, -0.15) is 0 Å². The summed E-state index contributed by atoms with van der Waals surface area (Å²) in [5.74, 6) is 1.01. The van der Waals surface area contributed by atoms with Gasteiger partial charge in [0.15, 0.2) is 6.29 Å². The lowest BCUT2D eigenvalue weighted by Crippen LogP contribution is -2.34. The minimum atomic E-state index is -0.525. The van der Waals surface area contributed by atoms with E-state index in [1.54, 1.807) is 39.0 Å². The first-order chi connectivity index (χ1) is 9.85. The van der Waals surface area contributed by atoms with Crippen molar-refractivity contribution in [2.24, 2.45) is 0 Å². The third-order valence-electron chi connectivity index (χ3n) is 2.37. The van der Waals surface area contributed by atoms with Crippen LogP contribution in [0.1, 0.15) is 31.1 Å². The SMILES string of the molecule is COc1cc(OCCNC(=O)OC(C)(C)C)ccc1C=O. The van der Waals surface area contributed by atoms with Crippen LogP contribution in [0, 0.1) is 0 Å². The number of aldehydes is 1. The summed E-state index contributed by atoms with van der Waals surface area (Å²) >= 11 is 0. The van der Waals surface area contributed by atoms with Crippen LogP contribution in [0.15, 0.2) is 18.2 Å². The van der Waals surface area contributed by atoms with E-state index in [1.165, 1.54) is 7.11 Å². The highest BCUT2D eigenvalue weighted by Gasteiger charge is 2.15. The van der Waals surface area contributed by atoms with E-state index in [0.29, 0.717) is 29.9 Å². The Bertz CT molecular complexity index is 493. The quantitative estimate of drug-likeness (QED) is 0.644. The van der Waals surface area contributed by atoms with Crippen LogP contribution in [-0.4, -0.2) is 38.2 Å². The number of rotatable bonds is 6. The van der Waals surface area contributed by atoms with Gasteiger partial charge in [-0.1, -0.05) is 0 Å². The van der Waals surface area contributed by atoms with Gasteiger partial charge in [-0.25, -0.2) is 4.79 Å². The average Bonchev–Trinajstić information content (AvgIpc) is 2.41. The molecule has 116 valence electrons. The van der Waals surface area contributed by atoms with E-state index in [2.05, 4.69) is 5.32 Å². The van der Waals surface area contributed by atoms with Crippen molar-refractivity contribution >= 4 is 12.4 Å². The minimum Gasteiger partial charge on any atom is -0.496 e. The first-order valence-corrected chi connectivity index (χ1v) is 6.58. The van der Waals surface area contributed by atoms with Crippen molar-refractivity contribution in [2.45, 2.75) is 26.4 Å². The lowest BCUT2D eigenvalue weighted by molar-refractivity contribution is 0.0520. The van der Waals surface area contributed by atoms with E-state index in [9.17, 15) is 9.59 Å². The van der Waals surface area contributed by atoms with Gasteiger partial charge in [0.25, 0.3) is 0 Å². The van der Waals surface area contributed by atoms with E-state index in [-0.39, 0.29) is 6.61 Å². The number of carbonyl (C=O) groups is 2. The number of ether oxygens (including phenoxy) is 3. The molecule has 0 heterocycles. The molecular formula is C15H21NO5. The van der Waals surface area contributed by atoms with Gasteiger partial charge in [0.2, 0.25) is 0 Å². The Hall–Kier alpha value is -2.24. The second-order valence-electron chi connectivity index (χ2n) is 5.30. The van der Waals surface area contributed by atoms with Crippen molar-refractivity contribution in [3.05, 3.63) is 23.8 Å². The number of carbonyl (C=O) groups excluding carboxylic acids is 2. The van der Waals surface area contributed by atoms with E-state index < -0.39 is 11.7 Å². The second kappa shape index (κ2) is 7.52. The van der Waals surface area contributed by atoms with Gasteiger partial charge < -0.3 is 19.5 Å². The maximum absolute atomic E-state index is 11.4. The van der Waals surface area contributed by atoms with Gasteiger partial charge in [0.05, 0.1) is 19.2 Å². The average molecular weight is 295 g/mol. The molecule has 0 aliphatic carbocycles. The Labute approximate surface area is 124 Å². The Kier molecular flexibility index (Phi) is 6.02. The Morgan fingerprint density at radius 2 is 2.05 bits per heavy atom. The normalized spacial score (nSPS) is 10.7. The highest BCUT2D eigenvalue weighted by molar-refractivity contribution is 5.79. The molecule has 1 amide bonds. The van der Waals surface area contributed by atoms with Crippen LogP contribution in [0.3, 0.4) is 0 Å². The van der Waals surface area contributed by atoms with E-state index in [0.717, 1.165) is 0 Å². The van der Waals surface area contributed by atoms with Crippen LogP contribution in [0.2, 0.25) is 0 Å². The Balaban J connectivity index is 2.39. The summed E-state index contributed by atoms with van der Waals surface area (Å²) in [4.78, 5) is 22.2. The predicted octanol–water partition coefficient (Wildman–Crippen LogP) is 2.41. The number of hydrogen-bond donors (Lipinski definition) is 1. The van der Waals surface area contributed by atoms with Gasteiger partial charge in [-0.15, -0.1) is 0 Å². The molecule has 1 aromatic rings. The lowest BCUT2D eigenvalue weighted by atomic mass is 10.2. The molecule has 21 heavy (non-hydrogen) atoms. The fraction of sp³-hybridized carbons (Fsp3) is 0.467. The molecule has 0 fully saturated rings. The topological polar surface area (TPSA) is 73.9 Å². The highest BCUT2D eigenvalue weighted by Crippen LogP contribution is 2.23.